The number of nitrogens with zero attached hydrogens (tertiary/aromatic N) is 3. The van der Waals surface area contributed by atoms with Gasteiger partial charge in [-0.05, 0) is 41.3 Å². The van der Waals surface area contributed by atoms with Crippen molar-refractivity contribution in [2.75, 3.05) is 7.05 Å². The molecule has 0 saturated heterocycles. The van der Waals surface area contributed by atoms with E-state index < -0.39 is 5.54 Å². The highest BCUT2D eigenvalue weighted by molar-refractivity contribution is 9.10. The molecule has 1 aliphatic carbocycles. The van der Waals surface area contributed by atoms with E-state index >= 15 is 0 Å². The van der Waals surface area contributed by atoms with Crippen LogP contribution in [0.25, 0.3) is 0 Å². The fourth-order valence-electron chi connectivity index (χ4n) is 3.10. The van der Waals surface area contributed by atoms with Crippen molar-refractivity contribution < 1.29 is 4.79 Å². The fourth-order valence-corrected chi connectivity index (χ4v) is 3.57. The molecule has 1 aromatic heterocycles. The number of hydrogen-bond donors (Lipinski definition) is 0. The first-order valence-corrected chi connectivity index (χ1v) is 8.38. The van der Waals surface area contributed by atoms with Crippen molar-refractivity contribution >= 4 is 21.8 Å². The Balaban J connectivity index is 2.28. The van der Waals surface area contributed by atoms with Crippen molar-refractivity contribution in [1.82, 2.24) is 9.47 Å². The third kappa shape index (κ3) is 3.16. The van der Waals surface area contributed by atoms with E-state index in [9.17, 15) is 10.1 Å². The zero-order valence-electron chi connectivity index (χ0n) is 12.7. The second-order valence-electron chi connectivity index (χ2n) is 5.81. The summed E-state index contributed by atoms with van der Waals surface area (Å²) in [5.41, 5.74) is 0.0229. The third-order valence-corrected chi connectivity index (χ3v) is 4.82. The van der Waals surface area contributed by atoms with Crippen LogP contribution in [0.3, 0.4) is 0 Å². The number of aromatic nitrogens is 1. The minimum atomic E-state index is -0.636. The summed E-state index contributed by atoms with van der Waals surface area (Å²) in [6, 6.07) is 4.26. The van der Waals surface area contributed by atoms with Gasteiger partial charge < -0.3 is 9.47 Å². The van der Waals surface area contributed by atoms with Crippen molar-refractivity contribution in [1.29, 1.82) is 5.26 Å². The van der Waals surface area contributed by atoms with Gasteiger partial charge >= 0.3 is 0 Å². The van der Waals surface area contributed by atoms with Crippen molar-refractivity contribution in [3.63, 3.8) is 0 Å². The highest BCUT2D eigenvalue weighted by atomic mass is 79.9. The molecule has 0 spiro atoms. The Morgan fingerprint density at radius 1 is 1.48 bits per heavy atom. The maximum Gasteiger partial charge on any atom is 0.271 e. The van der Waals surface area contributed by atoms with E-state index in [2.05, 4.69) is 28.9 Å². The van der Waals surface area contributed by atoms with Crippen LogP contribution in [0.15, 0.2) is 16.7 Å². The van der Waals surface area contributed by atoms with Crippen LogP contribution in [0.4, 0.5) is 0 Å². The zero-order chi connectivity index (χ0) is 15.5. The molecule has 0 unspecified atom stereocenters. The molecule has 1 amide bonds. The molecule has 0 radical (unpaired) electrons. The maximum atomic E-state index is 12.9. The lowest BCUT2D eigenvalue weighted by Gasteiger charge is -2.39. The number of hydrogen-bond acceptors (Lipinski definition) is 2. The van der Waals surface area contributed by atoms with Gasteiger partial charge in [0.05, 0.1) is 6.07 Å². The molecule has 114 valence electrons. The minimum absolute atomic E-state index is 0.0578. The van der Waals surface area contributed by atoms with E-state index in [4.69, 9.17) is 0 Å². The summed E-state index contributed by atoms with van der Waals surface area (Å²) in [4.78, 5) is 14.5. The molecule has 0 N–H and O–H groups in total. The van der Waals surface area contributed by atoms with Gasteiger partial charge in [-0.25, -0.2) is 0 Å². The summed E-state index contributed by atoms with van der Waals surface area (Å²) in [5, 5.41) is 9.63. The van der Waals surface area contributed by atoms with Crippen LogP contribution in [0, 0.1) is 11.3 Å². The number of nitriles is 1. The number of amides is 1. The third-order valence-electron chi connectivity index (χ3n) is 4.38. The fraction of sp³-hybridized carbons (Fsp3) is 0.625. The topological polar surface area (TPSA) is 49.0 Å². The van der Waals surface area contributed by atoms with Gasteiger partial charge in [0.15, 0.2) is 0 Å². The van der Waals surface area contributed by atoms with E-state index in [0.29, 0.717) is 5.69 Å². The van der Waals surface area contributed by atoms with Gasteiger partial charge in [0.25, 0.3) is 5.91 Å². The number of aryl methyl sites for hydroxylation is 1. The quantitative estimate of drug-likeness (QED) is 0.824. The molecule has 1 aromatic rings. The summed E-state index contributed by atoms with van der Waals surface area (Å²) in [5.74, 6) is -0.0578. The Bertz CT molecular complexity index is 552. The van der Waals surface area contributed by atoms with Gasteiger partial charge in [-0.1, -0.05) is 26.2 Å². The maximum absolute atomic E-state index is 12.9. The van der Waals surface area contributed by atoms with Crippen LogP contribution in [0.1, 0.15) is 55.9 Å². The van der Waals surface area contributed by atoms with Crippen LogP contribution in [-0.4, -0.2) is 28.0 Å². The monoisotopic (exact) mass is 351 g/mol. The molecule has 0 aliphatic heterocycles. The van der Waals surface area contributed by atoms with Gasteiger partial charge in [0.1, 0.15) is 11.2 Å². The molecule has 2 rings (SSSR count). The van der Waals surface area contributed by atoms with Gasteiger partial charge in [-0.15, -0.1) is 0 Å². The largest absolute Gasteiger partial charge is 0.342 e. The van der Waals surface area contributed by atoms with E-state index in [-0.39, 0.29) is 5.91 Å². The predicted molar refractivity (Wildman–Crippen MR) is 85.9 cm³/mol. The smallest absolute Gasteiger partial charge is 0.271 e. The summed E-state index contributed by atoms with van der Waals surface area (Å²) < 4.78 is 2.87. The highest BCUT2D eigenvalue weighted by Crippen LogP contribution is 2.33. The average molecular weight is 352 g/mol. The molecular weight excluding hydrogens is 330 g/mol. The lowest BCUT2D eigenvalue weighted by molar-refractivity contribution is 0.0578. The van der Waals surface area contributed by atoms with Crippen LogP contribution < -0.4 is 0 Å². The number of carbonyl (C=O) groups excluding carboxylic acids is 1. The lowest BCUT2D eigenvalue weighted by atomic mass is 9.81. The lowest BCUT2D eigenvalue weighted by Crippen LogP contribution is -2.50. The Hall–Kier alpha value is -1.28. The first-order chi connectivity index (χ1) is 10.0. The van der Waals surface area contributed by atoms with Gasteiger partial charge in [0.2, 0.25) is 0 Å². The Labute approximate surface area is 134 Å². The zero-order valence-corrected chi connectivity index (χ0v) is 14.3. The Morgan fingerprint density at radius 3 is 2.71 bits per heavy atom. The molecule has 1 saturated carbocycles. The Kier molecular flexibility index (Phi) is 5.10. The molecule has 1 fully saturated rings. The molecule has 1 heterocycles. The molecule has 1 aliphatic rings. The molecule has 0 aromatic carbocycles. The molecule has 0 atom stereocenters. The van der Waals surface area contributed by atoms with Crippen molar-refractivity contribution in [3.05, 3.63) is 22.4 Å². The summed E-state index contributed by atoms with van der Waals surface area (Å²) >= 11 is 3.44. The standard InChI is InChI=1S/C16H22BrN3O/c1-3-9-20-11-13(17)10-14(20)15(21)19(2)16(12-18)7-5-4-6-8-16/h10-11H,3-9H2,1-2H3. The second-order valence-corrected chi connectivity index (χ2v) is 6.72. The van der Waals surface area contributed by atoms with Gasteiger partial charge in [0, 0.05) is 24.3 Å². The van der Waals surface area contributed by atoms with Crippen molar-refractivity contribution in [3.8, 4) is 6.07 Å². The molecule has 5 heteroatoms. The second kappa shape index (κ2) is 6.65. The SMILES string of the molecule is CCCn1cc(Br)cc1C(=O)N(C)C1(C#N)CCCCC1. The Morgan fingerprint density at radius 2 is 2.14 bits per heavy atom. The molecule has 21 heavy (non-hydrogen) atoms. The first-order valence-electron chi connectivity index (χ1n) is 7.59. The van der Waals surface area contributed by atoms with E-state index in [1.807, 2.05) is 16.8 Å². The number of carbonyl (C=O) groups is 1. The highest BCUT2D eigenvalue weighted by Gasteiger charge is 2.39. The van der Waals surface area contributed by atoms with Gasteiger partial charge in [-0.3, -0.25) is 4.79 Å². The van der Waals surface area contributed by atoms with Gasteiger partial charge in [-0.2, -0.15) is 5.26 Å². The molecular formula is C16H22BrN3O. The van der Waals surface area contributed by atoms with Crippen LogP contribution in [0.5, 0.6) is 0 Å². The van der Waals surface area contributed by atoms with Crippen LogP contribution in [0.2, 0.25) is 0 Å². The minimum Gasteiger partial charge on any atom is -0.342 e. The first kappa shape index (κ1) is 16.1. The van der Waals surface area contributed by atoms with E-state index in [0.717, 1.165) is 49.5 Å². The van der Waals surface area contributed by atoms with Crippen LogP contribution >= 0.6 is 15.9 Å². The molecule has 4 nitrogen and oxygen atoms in total. The normalized spacial score (nSPS) is 17.2. The predicted octanol–water partition coefficient (Wildman–Crippen LogP) is 3.96. The van der Waals surface area contributed by atoms with E-state index in [1.54, 1.807) is 11.9 Å². The average Bonchev–Trinajstić information content (AvgIpc) is 2.87. The number of halogens is 1. The summed E-state index contributed by atoms with van der Waals surface area (Å²) in [6.45, 7) is 2.89. The number of rotatable bonds is 4. The van der Waals surface area contributed by atoms with E-state index in [1.165, 1.54) is 0 Å². The van der Waals surface area contributed by atoms with Crippen molar-refractivity contribution in [2.24, 2.45) is 0 Å². The molecule has 0 bridgehead atoms. The summed E-state index contributed by atoms with van der Waals surface area (Å²) in [7, 11) is 1.77. The van der Waals surface area contributed by atoms with Crippen LogP contribution in [-0.2, 0) is 6.54 Å². The summed E-state index contributed by atoms with van der Waals surface area (Å²) in [6.07, 6.45) is 7.65. The van der Waals surface area contributed by atoms with Crippen molar-refractivity contribution in [2.45, 2.75) is 57.5 Å².